The van der Waals surface area contributed by atoms with Crippen LogP contribution in [0.5, 0.6) is 0 Å². The maximum Gasteiger partial charge on any atom is 0.160 e. The van der Waals surface area contributed by atoms with Crippen LogP contribution in [-0.4, -0.2) is 39.9 Å². The summed E-state index contributed by atoms with van der Waals surface area (Å²) in [5.74, 6) is -0.485. The van der Waals surface area contributed by atoms with Crippen LogP contribution >= 0.6 is 0 Å². The first-order valence-electron chi connectivity index (χ1n) is 3.07. The molecule has 0 saturated heterocycles. The van der Waals surface area contributed by atoms with E-state index < -0.39 is 18.0 Å². The van der Waals surface area contributed by atoms with Crippen molar-refractivity contribution < 1.29 is 20.1 Å². The zero-order valence-electron chi connectivity index (χ0n) is 5.82. The van der Waals surface area contributed by atoms with Crippen LogP contribution in [0.25, 0.3) is 0 Å². The second-order valence-corrected chi connectivity index (χ2v) is 2.14. The average Bonchev–Trinajstić information content (AvgIpc) is 1.87. The van der Waals surface area contributed by atoms with Gasteiger partial charge in [-0.2, -0.15) is 0 Å². The van der Waals surface area contributed by atoms with Gasteiger partial charge in [0, 0.05) is 6.61 Å². The summed E-state index contributed by atoms with van der Waals surface area (Å²) in [5.41, 5.74) is 0. The molecule has 0 saturated carbocycles. The van der Waals surface area contributed by atoms with Crippen LogP contribution in [0.15, 0.2) is 0 Å². The van der Waals surface area contributed by atoms with Crippen molar-refractivity contribution in [2.24, 2.45) is 0 Å². The summed E-state index contributed by atoms with van der Waals surface area (Å²) in [4.78, 5) is 10.4. The minimum absolute atomic E-state index is 0.0285. The van der Waals surface area contributed by atoms with Crippen LogP contribution in [-0.2, 0) is 4.79 Å². The first kappa shape index (κ1) is 9.55. The molecule has 0 rings (SSSR count). The minimum Gasteiger partial charge on any atom is -0.396 e. The highest BCUT2D eigenvalue weighted by atomic mass is 16.3. The van der Waals surface area contributed by atoms with Crippen LogP contribution in [0.2, 0.25) is 0 Å². The number of aliphatic hydroxyl groups excluding tert-OH is 3. The normalized spacial score (nSPS) is 16.4. The molecule has 4 heteroatoms. The number of rotatable bonds is 4. The molecule has 0 aromatic heterocycles. The number of hydrogen-bond donors (Lipinski definition) is 3. The summed E-state index contributed by atoms with van der Waals surface area (Å²) in [7, 11) is 0. The van der Waals surface area contributed by atoms with Crippen LogP contribution in [0, 0.1) is 0 Å². The molecule has 0 aliphatic heterocycles. The quantitative estimate of drug-likeness (QED) is 0.462. The first-order valence-corrected chi connectivity index (χ1v) is 3.07. The van der Waals surface area contributed by atoms with Crippen molar-refractivity contribution in [3.63, 3.8) is 0 Å². The van der Waals surface area contributed by atoms with Crippen molar-refractivity contribution in [2.45, 2.75) is 25.6 Å². The number of Topliss-reactive ketones (excluding diaryl/α,β-unsaturated/α-hetero) is 1. The van der Waals surface area contributed by atoms with Crippen LogP contribution in [0.3, 0.4) is 0 Å². The van der Waals surface area contributed by atoms with Gasteiger partial charge in [-0.25, -0.2) is 0 Å². The van der Waals surface area contributed by atoms with Gasteiger partial charge in [-0.05, 0) is 13.3 Å². The Bertz CT molecular complexity index is 112. The van der Waals surface area contributed by atoms with Crippen LogP contribution in [0.1, 0.15) is 13.3 Å². The van der Waals surface area contributed by atoms with Gasteiger partial charge in [0.15, 0.2) is 5.78 Å². The predicted octanol–water partition coefficient (Wildman–Crippen LogP) is -1.32. The van der Waals surface area contributed by atoms with Gasteiger partial charge in [0.1, 0.15) is 6.10 Å². The van der Waals surface area contributed by atoms with E-state index in [1.165, 1.54) is 6.92 Å². The molecule has 0 fully saturated rings. The predicted molar refractivity (Wildman–Crippen MR) is 34.4 cm³/mol. The molecular weight excluding hydrogens is 136 g/mol. The molecule has 0 radical (unpaired) electrons. The van der Waals surface area contributed by atoms with Crippen molar-refractivity contribution in [3.8, 4) is 0 Å². The summed E-state index contributed by atoms with van der Waals surface area (Å²) in [5, 5.41) is 26.0. The molecule has 60 valence electrons. The minimum atomic E-state index is -1.35. The molecule has 0 heterocycles. The monoisotopic (exact) mass is 148 g/mol. The van der Waals surface area contributed by atoms with E-state index in [1.807, 2.05) is 0 Å². The zero-order valence-corrected chi connectivity index (χ0v) is 5.82. The summed E-state index contributed by atoms with van der Waals surface area (Å²) in [6, 6.07) is 0. The van der Waals surface area contributed by atoms with Gasteiger partial charge in [-0.3, -0.25) is 4.79 Å². The highest BCUT2D eigenvalue weighted by Crippen LogP contribution is 1.98. The average molecular weight is 148 g/mol. The number of ketones is 1. The van der Waals surface area contributed by atoms with E-state index in [0.717, 1.165) is 0 Å². The molecule has 10 heavy (non-hydrogen) atoms. The lowest BCUT2D eigenvalue weighted by molar-refractivity contribution is -0.131. The number of aliphatic hydroxyl groups is 3. The summed E-state index contributed by atoms with van der Waals surface area (Å²) >= 11 is 0. The lowest BCUT2D eigenvalue weighted by Gasteiger charge is -2.12. The highest BCUT2D eigenvalue weighted by Gasteiger charge is 2.19. The Kier molecular flexibility index (Phi) is 4.18. The van der Waals surface area contributed by atoms with Crippen molar-refractivity contribution in [2.75, 3.05) is 6.61 Å². The van der Waals surface area contributed by atoms with Gasteiger partial charge in [0.25, 0.3) is 0 Å². The van der Waals surface area contributed by atoms with Gasteiger partial charge >= 0.3 is 0 Å². The van der Waals surface area contributed by atoms with Gasteiger partial charge in [-0.1, -0.05) is 0 Å². The molecule has 0 unspecified atom stereocenters. The Morgan fingerprint density at radius 3 is 2.30 bits per heavy atom. The maximum atomic E-state index is 10.4. The molecule has 0 aliphatic carbocycles. The molecular formula is C6H12O4. The second-order valence-electron chi connectivity index (χ2n) is 2.14. The van der Waals surface area contributed by atoms with E-state index in [9.17, 15) is 4.79 Å². The Morgan fingerprint density at radius 2 is 2.00 bits per heavy atom. The molecule has 2 atom stereocenters. The Morgan fingerprint density at radius 1 is 1.50 bits per heavy atom. The van der Waals surface area contributed by atoms with Gasteiger partial charge in [0.2, 0.25) is 0 Å². The lowest BCUT2D eigenvalue weighted by atomic mass is 10.1. The Labute approximate surface area is 59.1 Å². The zero-order chi connectivity index (χ0) is 8.15. The summed E-state index contributed by atoms with van der Waals surface area (Å²) in [6.45, 7) is 0.955. The maximum absolute atomic E-state index is 10.4. The molecule has 3 N–H and O–H groups in total. The fourth-order valence-corrected chi connectivity index (χ4v) is 0.561. The second kappa shape index (κ2) is 4.38. The highest BCUT2D eigenvalue weighted by molar-refractivity contribution is 5.80. The van der Waals surface area contributed by atoms with E-state index in [1.54, 1.807) is 0 Å². The Hall–Kier alpha value is -0.450. The molecule has 0 spiro atoms. The molecule has 0 aliphatic rings. The van der Waals surface area contributed by atoms with Crippen molar-refractivity contribution in [3.05, 3.63) is 0 Å². The number of hydrogen-bond acceptors (Lipinski definition) is 4. The van der Waals surface area contributed by atoms with Crippen molar-refractivity contribution in [1.29, 1.82) is 0 Å². The fourth-order valence-electron chi connectivity index (χ4n) is 0.561. The lowest BCUT2D eigenvalue weighted by Crippen LogP contribution is -2.32. The van der Waals surface area contributed by atoms with Crippen molar-refractivity contribution >= 4 is 5.78 Å². The third kappa shape index (κ3) is 2.91. The standard InChI is InChI=1S/C6H12O4/c1-4(8)6(10)5(9)2-3-7/h5-7,9-10H,2-3H2,1H3/t5-,6-/m1/s1. The molecule has 0 aromatic carbocycles. The Balaban J connectivity index is 3.69. The summed E-state index contributed by atoms with van der Waals surface area (Å²) < 4.78 is 0. The van der Waals surface area contributed by atoms with Crippen molar-refractivity contribution in [1.82, 2.24) is 0 Å². The molecule has 0 aromatic rings. The van der Waals surface area contributed by atoms with Gasteiger partial charge in [0.05, 0.1) is 6.10 Å². The van der Waals surface area contributed by atoms with Crippen LogP contribution < -0.4 is 0 Å². The fraction of sp³-hybridized carbons (Fsp3) is 0.833. The van der Waals surface area contributed by atoms with E-state index in [0.29, 0.717) is 0 Å². The smallest absolute Gasteiger partial charge is 0.160 e. The first-order chi connectivity index (χ1) is 4.59. The van der Waals surface area contributed by atoms with Gasteiger partial charge < -0.3 is 15.3 Å². The van der Waals surface area contributed by atoms with Crippen LogP contribution in [0.4, 0.5) is 0 Å². The van der Waals surface area contributed by atoms with E-state index >= 15 is 0 Å². The third-order valence-corrected chi connectivity index (χ3v) is 1.21. The topological polar surface area (TPSA) is 77.8 Å². The third-order valence-electron chi connectivity index (χ3n) is 1.21. The molecule has 4 nitrogen and oxygen atoms in total. The van der Waals surface area contributed by atoms with E-state index in [-0.39, 0.29) is 13.0 Å². The SMILES string of the molecule is CC(=O)[C@@H](O)[C@H](O)CCO. The number of carbonyl (C=O) groups excluding carboxylic acids is 1. The largest absolute Gasteiger partial charge is 0.396 e. The summed E-state index contributed by atoms with van der Waals surface area (Å²) in [6.07, 6.45) is -2.46. The number of carbonyl (C=O) groups is 1. The van der Waals surface area contributed by atoms with E-state index in [2.05, 4.69) is 0 Å². The van der Waals surface area contributed by atoms with Gasteiger partial charge in [-0.15, -0.1) is 0 Å². The molecule has 0 bridgehead atoms. The molecule has 0 amide bonds. The van der Waals surface area contributed by atoms with E-state index in [4.69, 9.17) is 15.3 Å².